The maximum Gasteiger partial charge on any atom is 0.131 e. The average molecular weight is 404 g/mol. The monoisotopic (exact) mass is 402 g/mol. The van der Waals surface area contributed by atoms with Crippen molar-refractivity contribution in [3.05, 3.63) is 68.7 Å². The minimum Gasteiger partial charge on any atom is -0.372 e. The zero-order valence-corrected chi connectivity index (χ0v) is 13.5. The van der Waals surface area contributed by atoms with Gasteiger partial charge in [-0.15, -0.1) is 0 Å². The second-order valence-corrected chi connectivity index (χ2v) is 6.50. The van der Waals surface area contributed by atoms with Crippen molar-refractivity contribution in [2.75, 3.05) is 0 Å². The molecule has 1 heterocycles. The van der Waals surface area contributed by atoms with Crippen LogP contribution in [0, 0.1) is 11.6 Å². The van der Waals surface area contributed by atoms with Gasteiger partial charge in [0.05, 0.1) is 18.0 Å². The normalized spacial score (nSPS) is 15.2. The Hall–Kier alpha value is -0.780. The van der Waals surface area contributed by atoms with Crippen LogP contribution in [0.25, 0.3) is 0 Å². The van der Waals surface area contributed by atoms with Gasteiger partial charge in [-0.25, -0.2) is 8.78 Å². The van der Waals surface area contributed by atoms with Crippen molar-refractivity contribution < 1.29 is 13.5 Å². The smallest absolute Gasteiger partial charge is 0.131 e. The van der Waals surface area contributed by atoms with Gasteiger partial charge in [0.2, 0.25) is 0 Å². The number of hydrogen-bond donors (Lipinski definition) is 0. The summed E-state index contributed by atoms with van der Waals surface area (Å²) in [5, 5.41) is 0. The quantitative estimate of drug-likeness (QED) is 0.623. The fraction of sp³-hybridized carbons (Fsp3) is 0.200. The van der Waals surface area contributed by atoms with Gasteiger partial charge in [0, 0.05) is 10.0 Å². The summed E-state index contributed by atoms with van der Waals surface area (Å²) in [4.78, 5) is -0.526. The number of hydrogen-bond acceptors (Lipinski definition) is 1. The van der Waals surface area contributed by atoms with E-state index in [2.05, 4.69) is 31.9 Å². The Morgan fingerprint density at radius 2 is 1.65 bits per heavy atom. The minimum absolute atomic E-state index is 0.0204. The van der Waals surface area contributed by atoms with Crippen LogP contribution in [0.5, 0.6) is 0 Å². The van der Waals surface area contributed by atoms with E-state index < -0.39 is 16.5 Å². The first-order chi connectivity index (χ1) is 9.56. The Bertz CT molecular complexity index is 650. The van der Waals surface area contributed by atoms with Gasteiger partial charge in [-0.2, -0.15) is 0 Å². The molecule has 0 saturated carbocycles. The molecule has 1 unspecified atom stereocenters. The summed E-state index contributed by atoms with van der Waals surface area (Å²) in [6.07, 6.45) is 0. The third kappa shape index (κ3) is 2.54. The molecule has 0 radical (unpaired) electrons. The van der Waals surface area contributed by atoms with Crippen molar-refractivity contribution >= 4 is 31.9 Å². The van der Waals surface area contributed by atoms with Crippen LogP contribution in [-0.2, 0) is 18.0 Å². The maximum absolute atomic E-state index is 14.0. The van der Waals surface area contributed by atoms with Crippen LogP contribution in [-0.4, -0.2) is 0 Å². The highest BCUT2D eigenvalue weighted by Crippen LogP contribution is 2.37. The van der Waals surface area contributed by atoms with Gasteiger partial charge >= 0.3 is 0 Å². The summed E-state index contributed by atoms with van der Waals surface area (Å²) in [7, 11) is 0. The second-order valence-electron chi connectivity index (χ2n) is 4.67. The number of rotatable bonds is 2. The van der Waals surface area contributed by atoms with Crippen LogP contribution in [0.2, 0.25) is 0 Å². The second kappa shape index (κ2) is 5.54. The van der Waals surface area contributed by atoms with Gasteiger partial charge in [-0.05, 0) is 28.8 Å². The van der Waals surface area contributed by atoms with Crippen molar-refractivity contribution in [1.82, 2.24) is 0 Å². The standard InChI is InChI=1S/C15H10Br2F2O/c16-11-4-12(18)14(13(19)5-11)15(17)8-1-2-9-6-20-7-10(9)3-8/h1-5,15H,6-7H2. The van der Waals surface area contributed by atoms with E-state index in [1.54, 1.807) is 0 Å². The van der Waals surface area contributed by atoms with E-state index in [9.17, 15) is 8.78 Å². The fourth-order valence-corrected chi connectivity index (χ4v) is 3.44. The van der Waals surface area contributed by atoms with E-state index in [1.807, 2.05) is 18.2 Å². The van der Waals surface area contributed by atoms with Crippen molar-refractivity contribution in [2.24, 2.45) is 0 Å². The molecule has 2 aromatic rings. The molecule has 0 bridgehead atoms. The number of benzene rings is 2. The first kappa shape index (κ1) is 14.2. The number of ether oxygens (including phenoxy) is 1. The van der Waals surface area contributed by atoms with Crippen LogP contribution in [0.15, 0.2) is 34.8 Å². The Labute approximate surface area is 132 Å². The number of fused-ring (bicyclic) bond motifs is 1. The van der Waals surface area contributed by atoms with Gasteiger partial charge in [-0.3, -0.25) is 0 Å². The minimum atomic E-state index is -0.574. The molecule has 1 atom stereocenters. The topological polar surface area (TPSA) is 9.23 Å². The Balaban J connectivity index is 2.03. The zero-order valence-electron chi connectivity index (χ0n) is 10.3. The van der Waals surface area contributed by atoms with Gasteiger partial charge in [-0.1, -0.05) is 50.1 Å². The summed E-state index contributed by atoms with van der Waals surface area (Å²) < 4.78 is 33.7. The summed E-state index contributed by atoms with van der Waals surface area (Å²) in [6.45, 7) is 1.15. The molecular weight excluding hydrogens is 394 g/mol. The highest BCUT2D eigenvalue weighted by atomic mass is 79.9. The van der Waals surface area contributed by atoms with Crippen LogP contribution in [0.1, 0.15) is 27.1 Å². The molecule has 0 spiro atoms. The van der Waals surface area contributed by atoms with Crippen molar-refractivity contribution in [3.8, 4) is 0 Å². The highest BCUT2D eigenvalue weighted by molar-refractivity contribution is 9.10. The first-order valence-corrected chi connectivity index (χ1v) is 7.75. The molecule has 0 fully saturated rings. The molecule has 104 valence electrons. The van der Waals surface area contributed by atoms with Crippen LogP contribution in [0.4, 0.5) is 8.78 Å². The number of halogens is 4. The SMILES string of the molecule is Fc1cc(Br)cc(F)c1C(Br)c1ccc2c(c1)COC2. The fourth-order valence-electron chi connectivity index (χ4n) is 2.31. The summed E-state index contributed by atoms with van der Waals surface area (Å²) in [5.74, 6) is -1.15. The number of alkyl halides is 1. The van der Waals surface area contributed by atoms with E-state index in [0.717, 1.165) is 16.7 Å². The third-order valence-electron chi connectivity index (χ3n) is 3.34. The van der Waals surface area contributed by atoms with E-state index >= 15 is 0 Å². The molecule has 1 aliphatic heterocycles. The van der Waals surface area contributed by atoms with Crippen LogP contribution in [0.3, 0.4) is 0 Å². The molecule has 0 N–H and O–H groups in total. The van der Waals surface area contributed by atoms with Crippen molar-refractivity contribution in [2.45, 2.75) is 18.0 Å². The van der Waals surface area contributed by atoms with Gasteiger partial charge < -0.3 is 4.74 Å². The largest absolute Gasteiger partial charge is 0.372 e. The summed E-state index contributed by atoms with van der Waals surface area (Å²) in [6, 6.07) is 8.28. The van der Waals surface area contributed by atoms with Gasteiger partial charge in [0.25, 0.3) is 0 Å². The van der Waals surface area contributed by atoms with Gasteiger partial charge in [0.15, 0.2) is 0 Å². The molecule has 3 rings (SSSR count). The predicted molar refractivity (Wildman–Crippen MR) is 79.8 cm³/mol. The molecule has 5 heteroatoms. The van der Waals surface area contributed by atoms with E-state index in [1.165, 1.54) is 12.1 Å². The predicted octanol–water partition coefficient (Wildman–Crippen LogP) is 5.24. The molecule has 0 saturated heterocycles. The van der Waals surface area contributed by atoms with E-state index in [4.69, 9.17) is 4.74 Å². The highest BCUT2D eigenvalue weighted by Gasteiger charge is 2.22. The zero-order chi connectivity index (χ0) is 14.3. The maximum atomic E-state index is 14.0. The van der Waals surface area contributed by atoms with Gasteiger partial charge in [0.1, 0.15) is 11.6 Å². The van der Waals surface area contributed by atoms with Crippen molar-refractivity contribution in [3.63, 3.8) is 0 Å². The Kier molecular flexibility index (Phi) is 3.93. The van der Waals surface area contributed by atoms with Crippen LogP contribution < -0.4 is 0 Å². The molecule has 20 heavy (non-hydrogen) atoms. The molecule has 0 amide bonds. The Morgan fingerprint density at radius 1 is 1.00 bits per heavy atom. The molecule has 2 aromatic carbocycles. The lowest BCUT2D eigenvalue weighted by molar-refractivity contribution is 0.134. The van der Waals surface area contributed by atoms with Crippen LogP contribution >= 0.6 is 31.9 Å². The first-order valence-electron chi connectivity index (χ1n) is 6.04. The lowest BCUT2D eigenvalue weighted by atomic mass is 10.00. The molecule has 1 aliphatic rings. The van der Waals surface area contributed by atoms with E-state index in [0.29, 0.717) is 17.7 Å². The third-order valence-corrected chi connectivity index (χ3v) is 4.78. The Morgan fingerprint density at radius 3 is 2.35 bits per heavy atom. The van der Waals surface area contributed by atoms with E-state index in [-0.39, 0.29) is 5.56 Å². The molecule has 0 aliphatic carbocycles. The summed E-state index contributed by atoms with van der Waals surface area (Å²) in [5.41, 5.74) is 3.04. The molecular formula is C15H10Br2F2O. The summed E-state index contributed by atoms with van der Waals surface area (Å²) >= 11 is 6.47. The molecule has 1 nitrogen and oxygen atoms in total. The average Bonchev–Trinajstić information content (AvgIpc) is 2.84. The molecule has 0 aromatic heterocycles. The lowest BCUT2D eigenvalue weighted by Gasteiger charge is -2.14. The lowest BCUT2D eigenvalue weighted by Crippen LogP contribution is -2.01. The van der Waals surface area contributed by atoms with Crippen molar-refractivity contribution in [1.29, 1.82) is 0 Å².